The summed E-state index contributed by atoms with van der Waals surface area (Å²) in [4.78, 5) is 29.3. The van der Waals surface area contributed by atoms with Crippen LogP contribution in [0.2, 0.25) is 0 Å². The lowest BCUT2D eigenvalue weighted by Gasteiger charge is -2.30. The highest BCUT2D eigenvalue weighted by molar-refractivity contribution is 5.80. The Morgan fingerprint density at radius 2 is 1.54 bits per heavy atom. The zero-order valence-electron chi connectivity index (χ0n) is 29.2. The molecule has 0 radical (unpaired) electrons. The van der Waals surface area contributed by atoms with Gasteiger partial charge in [-0.3, -0.25) is 9.69 Å². The molecular weight excluding hydrogens is 638 g/mol. The summed E-state index contributed by atoms with van der Waals surface area (Å²) in [7, 11) is 0. The summed E-state index contributed by atoms with van der Waals surface area (Å²) < 4.78 is 16.9. The highest BCUT2D eigenvalue weighted by atomic mass is 16.6. The van der Waals surface area contributed by atoms with E-state index in [0.717, 1.165) is 44.0 Å². The number of hydrogen-bond acceptors (Lipinski definition) is 9. The predicted molar refractivity (Wildman–Crippen MR) is 189 cm³/mol. The summed E-state index contributed by atoms with van der Waals surface area (Å²) in [5, 5.41) is 39.1. The van der Waals surface area contributed by atoms with Gasteiger partial charge in [0.25, 0.3) is 0 Å². The number of fused-ring (bicyclic) bond motifs is 1. The minimum atomic E-state index is -1.23. The molecule has 270 valence electrons. The summed E-state index contributed by atoms with van der Waals surface area (Å²) in [6.07, 6.45) is -3.57. The Labute approximate surface area is 294 Å². The van der Waals surface area contributed by atoms with Gasteiger partial charge < -0.3 is 40.2 Å². The number of ether oxygens (including phenoxy) is 3. The largest absolute Gasteiger partial charge is 0.492 e. The van der Waals surface area contributed by atoms with Gasteiger partial charge in [0, 0.05) is 25.6 Å². The number of carbonyl (C=O) groups is 2. The van der Waals surface area contributed by atoms with Gasteiger partial charge in [-0.2, -0.15) is 0 Å². The molecule has 0 aromatic heterocycles. The van der Waals surface area contributed by atoms with Crippen LogP contribution in [0, 0.1) is 5.92 Å². The quantitative estimate of drug-likeness (QED) is 0.171. The number of rotatable bonds is 14. The first-order valence-electron chi connectivity index (χ1n) is 17.5. The lowest BCUT2D eigenvalue weighted by atomic mass is 9.88. The van der Waals surface area contributed by atoms with Crippen molar-refractivity contribution in [2.75, 3.05) is 39.5 Å². The number of amides is 2. The number of aliphatic hydroxyl groups is 3. The first-order chi connectivity index (χ1) is 24.0. The van der Waals surface area contributed by atoms with Gasteiger partial charge in [0.2, 0.25) is 5.91 Å². The van der Waals surface area contributed by atoms with Crippen molar-refractivity contribution in [2.45, 2.75) is 76.0 Å². The van der Waals surface area contributed by atoms with Crippen molar-refractivity contribution in [3.8, 4) is 5.75 Å². The van der Waals surface area contributed by atoms with Crippen LogP contribution in [-0.2, 0) is 27.1 Å². The van der Waals surface area contributed by atoms with Crippen LogP contribution in [0.25, 0.3) is 0 Å². The van der Waals surface area contributed by atoms with E-state index in [2.05, 4.69) is 15.5 Å². The van der Waals surface area contributed by atoms with Crippen molar-refractivity contribution in [1.29, 1.82) is 0 Å². The van der Waals surface area contributed by atoms with E-state index in [1.165, 1.54) is 0 Å². The molecule has 6 atom stereocenters. The second kappa shape index (κ2) is 17.3. The number of carbonyl (C=O) groups excluding carboxylic acids is 2. The first kappa shape index (κ1) is 37.3. The van der Waals surface area contributed by atoms with Gasteiger partial charge in [0.1, 0.15) is 30.2 Å². The smallest absolute Gasteiger partial charge is 0.407 e. The van der Waals surface area contributed by atoms with Crippen LogP contribution in [0.4, 0.5) is 4.79 Å². The van der Waals surface area contributed by atoms with Crippen molar-refractivity contribution in [3.63, 3.8) is 0 Å². The maximum Gasteiger partial charge on any atom is 0.407 e. The minimum Gasteiger partial charge on any atom is -0.492 e. The molecule has 50 heavy (non-hydrogen) atoms. The minimum absolute atomic E-state index is 0.00392. The van der Waals surface area contributed by atoms with Crippen LogP contribution in [0.15, 0.2) is 78.9 Å². The molecule has 3 aromatic rings. The predicted octanol–water partition coefficient (Wildman–Crippen LogP) is 3.71. The fourth-order valence-corrected chi connectivity index (χ4v) is 6.52. The Hall–Kier alpha value is -4.00. The molecule has 5 rings (SSSR count). The zero-order chi connectivity index (χ0) is 35.7. The Balaban J connectivity index is 1.32. The summed E-state index contributed by atoms with van der Waals surface area (Å²) in [6, 6.07) is 22.5. The highest BCUT2D eigenvalue weighted by Crippen LogP contribution is 2.39. The molecule has 1 aliphatic carbocycles. The zero-order valence-corrected chi connectivity index (χ0v) is 29.2. The Morgan fingerprint density at radius 3 is 2.22 bits per heavy atom. The van der Waals surface area contributed by atoms with E-state index in [1.54, 1.807) is 45.0 Å². The second-order valence-electron chi connectivity index (χ2n) is 14.1. The molecule has 3 aromatic carbocycles. The fraction of sp³-hybridized carbons (Fsp3) is 0.487. The van der Waals surface area contributed by atoms with E-state index in [1.807, 2.05) is 54.6 Å². The van der Waals surface area contributed by atoms with Gasteiger partial charge in [-0.1, -0.05) is 66.7 Å². The van der Waals surface area contributed by atoms with Gasteiger partial charge in [-0.25, -0.2) is 4.79 Å². The Kier molecular flexibility index (Phi) is 12.9. The van der Waals surface area contributed by atoms with Crippen molar-refractivity contribution in [2.24, 2.45) is 5.92 Å². The van der Waals surface area contributed by atoms with Crippen LogP contribution in [0.1, 0.15) is 61.6 Å². The van der Waals surface area contributed by atoms with E-state index < -0.39 is 53.9 Å². The lowest BCUT2D eigenvalue weighted by molar-refractivity contribution is -0.128. The average Bonchev–Trinajstić information content (AvgIpc) is 3.33. The topological polar surface area (TPSA) is 150 Å². The van der Waals surface area contributed by atoms with Crippen molar-refractivity contribution < 1.29 is 39.1 Å². The molecule has 11 nitrogen and oxygen atoms in total. The van der Waals surface area contributed by atoms with Crippen LogP contribution in [0.3, 0.4) is 0 Å². The molecule has 11 heteroatoms. The number of nitrogens with one attached hydrogen (secondary N) is 2. The SMILES string of the molecule is CC(C)(C)OC(=O)N[C@@H](Cc1ccccc1)[C@@H](O)C[C@@H](Cc1ccc(OCCN2CCOCC2)cc1)C(=O)N[C@H]1c2ccccc2[C@H](O)[C@H]1O. The van der Waals surface area contributed by atoms with E-state index in [-0.39, 0.29) is 12.8 Å². The second-order valence-corrected chi connectivity index (χ2v) is 14.1. The van der Waals surface area contributed by atoms with E-state index in [9.17, 15) is 24.9 Å². The molecule has 1 aliphatic heterocycles. The maximum atomic E-state index is 14.1. The molecule has 0 saturated carbocycles. The molecule has 0 unspecified atom stereocenters. The van der Waals surface area contributed by atoms with E-state index >= 15 is 0 Å². The average molecular weight is 690 g/mol. The third kappa shape index (κ3) is 10.5. The van der Waals surface area contributed by atoms with Crippen molar-refractivity contribution in [3.05, 3.63) is 101 Å². The number of aliphatic hydroxyl groups excluding tert-OH is 3. The van der Waals surface area contributed by atoms with Gasteiger partial charge in [-0.05, 0) is 74.4 Å². The third-order valence-corrected chi connectivity index (χ3v) is 9.16. The van der Waals surface area contributed by atoms with Gasteiger partial charge in [0.15, 0.2) is 0 Å². The van der Waals surface area contributed by atoms with Crippen LogP contribution in [-0.4, -0.2) is 95.5 Å². The Morgan fingerprint density at radius 1 is 0.900 bits per heavy atom. The number of alkyl carbamates (subject to hydrolysis) is 1. The number of morpholine rings is 1. The van der Waals surface area contributed by atoms with Crippen molar-refractivity contribution >= 4 is 12.0 Å². The fourth-order valence-electron chi connectivity index (χ4n) is 6.52. The standard InChI is InChI=1S/C39H51N3O8/c1-39(2,3)50-38(47)40-32(24-26-9-5-4-6-10-26)33(43)25-28(37(46)41-34-30-11-7-8-12-31(30)35(44)36(34)45)23-27-13-15-29(16-14-27)49-22-19-42-17-20-48-21-18-42/h4-16,28,32-36,43-45H,17-25H2,1-3H3,(H,40,47)(H,41,46)/t28-,32+,33+,34+,35+,36+/m1/s1. The highest BCUT2D eigenvalue weighted by Gasteiger charge is 2.40. The summed E-state index contributed by atoms with van der Waals surface area (Å²) in [5.41, 5.74) is 2.22. The monoisotopic (exact) mass is 689 g/mol. The van der Waals surface area contributed by atoms with E-state index in [0.29, 0.717) is 29.9 Å². The van der Waals surface area contributed by atoms with Crippen LogP contribution in [0.5, 0.6) is 5.75 Å². The van der Waals surface area contributed by atoms with E-state index in [4.69, 9.17) is 14.2 Å². The third-order valence-electron chi connectivity index (χ3n) is 9.16. The summed E-state index contributed by atoms with van der Waals surface area (Å²) in [6.45, 7) is 9.88. The van der Waals surface area contributed by atoms with Gasteiger partial charge >= 0.3 is 6.09 Å². The molecule has 2 amide bonds. The van der Waals surface area contributed by atoms with Gasteiger partial charge in [0.05, 0.1) is 31.4 Å². The lowest BCUT2D eigenvalue weighted by Crippen LogP contribution is -2.48. The Bertz CT molecular complexity index is 1520. The van der Waals surface area contributed by atoms with Gasteiger partial charge in [-0.15, -0.1) is 0 Å². The number of hydrogen-bond donors (Lipinski definition) is 5. The molecule has 1 fully saturated rings. The molecule has 1 saturated heterocycles. The number of nitrogens with zero attached hydrogens (tertiary/aromatic N) is 1. The van der Waals surface area contributed by atoms with Crippen LogP contribution >= 0.6 is 0 Å². The summed E-state index contributed by atoms with van der Waals surface area (Å²) in [5.74, 6) is -0.431. The normalized spacial score (nSPS) is 21.0. The maximum absolute atomic E-state index is 14.1. The molecule has 0 spiro atoms. The molecule has 2 aliphatic rings. The number of benzene rings is 3. The summed E-state index contributed by atoms with van der Waals surface area (Å²) >= 11 is 0. The molecule has 0 bridgehead atoms. The molecular formula is C39H51N3O8. The van der Waals surface area contributed by atoms with Crippen molar-refractivity contribution in [1.82, 2.24) is 15.5 Å². The first-order valence-corrected chi connectivity index (χ1v) is 17.5. The molecule has 1 heterocycles. The van der Waals surface area contributed by atoms with Crippen LogP contribution < -0.4 is 15.4 Å². The molecule has 5 N–H and O–H groups in total.